The van der Waals surface area contributed by atoms with E-state index in [9.17, 15) is 9.59 Å². The maximum absolute atomic E-state index is 13.1. The fourth-order valence-electron chi connectivity index (χ4n) is 3.44. The standard InChI is InChI=1S/C24H30ClN5O2/c1-14(2)19-13-17(20-15(3)29-30(21(20)28-19)24(4,5)6)23(32)27-12-11-26-22(31)16-9-7-8-10-18(16)25/h7-10,13-14H,11-12H2,1-6H3,(H,26,31)(H,27,32). The summed E-state index contributed by atoms with van der Waals surface area (Å²) < 4.78 is 1.88. The number of carbonyl (C=O) groups excluding carboxylic acids is 2. The first-order valence-corrected chi connectivity index (χ1v) is 11.1. The van der Waals surface area contributed by atoms with E-state index in [4.69, 9.17) is 16.6 Å². The molecule has 0 spiro atoms. The molecule has 0 radical (unpaired) electrons. The third-order valence-corrected chi connectivity index (χ3v) is 5.45. The van der Waals surface area contributed by atoms with Crippen molar-refractivity contribution >= 4 is 34.4 Å². The Morgan fingerprint density at radius 1 is 1.06 bits per heavy atom. The van der Waals surface area contributed by atoms with Crippen molar-refractivity contribution in [3.63, 3.8) is 0 Å². The molecule has 0 bridgehead atoms. The normalized spacial score (nSPS) is 11.8. The van der Waals surface area contributed by atoms with Crippen LogP contribution < -0.4 is 10.6 Å². The predicted molar refractivity (Wildman–Crippen MR) is 127 cm³/mol. The molecule has 0 fully saturated rings. The SMILES string of the molecule is Cc1nn(C(C)(C)C)c2nc(C(C)C)cc(C(=O)NCCNC(=O)c3ccccc3Cl)c12. The number of fused-ring (bicyclic) bond motifs is 1. The number of rotatable bonds is 6. The molecule has 0 aliphatic rings. The van der Waals surface area contributed by atoms with Gasteiger partial charge >= 0.3 is 0 Å². The minimum Gasteiger partial charge on any atom is -0.350 e. The van der Waals surface area contributed by atoms with E-state index in [-0.39, 0.29) is 36.4 Å². The first-order chi connectivity index (χ1) is 15.0. The highest BCUT2D eigenvalue weighted by molar-refractivity contribution is 6.33. The lowest BCUT2D eigenvalue weighted by molar-refractivity contribution is 0.0928. The number of aromatic nitrogens is 3. The van der Waals surface area contributed by atoms with Crippen molar-refractivity contribution in [3.05, 3.63) is 57.9 Å². The molecule has 0 atom stereocenters. The molecule has 3 aromatic rings. The van der Waals surface area contributed by atoms with Crippen LogP contribution in [0.3, 0.4) is 0 Å². The molecule has 1 aromatic carbocycles. The smallest absolute Gasteiger partial charge is 0.252 e. The van der Waals surface area contributed by atoms with Crippen LogP contribution >= 0.6 is 11.6 Å². The van der Waals surface area contributed by atoms with Crippen LogP contribution in [0.4, 0.5) is 0 Å². The molecular formula is C24H30ClN5O2. The van der Waals surface area contributed by atoms with Crippen LogP contribution in [-0.4, -0.2) is 39.7 Å². The van der Waals surface area contributed by atoms with E-state index >= 15 is 0 Å². The van der Waals surface area contributed by atoms with Gasteiger partial charge in [-0.25, -0.2) is 9.67 Å². The number of halogens is 1. The van der Waals surface area contributed by atoms with Gasteiger partial charge in [0.2, 0.25) is 0 Å². The van der Waals surface area contributed by atoms with Gasteiger partial charge in [0.25, 0.3) is 11.8 Å². The molecule has 0 unspecified atom stereocenters. The Hall–Kier alpha value is -2.93. The zero-order valence-corrected chi connectivity index (χ0v) is 20.2. The Kier molecular flexibility index (Phi) is 6.88. The first kappa shape index (κ1) is 23.7. The van der Waals surface area contributed by atoms with E-state index < -0.39 is 0 Å². The van der Waals surface area contributed by atoms with E-state index in [1.54, 1.807) is 24.3 Å². The highest BCUT2D eigenvalue weighted by Crippen LogP contribution is 2.28. The predicted octanol–water partition coefficient (Wildman–Crippen LogP) is 4.43. The summed E-state index contributed by atoms with van der Waals surface area (Å²) in [6.45, 7) is 12.7. The minimum atomic E-state index is -0.277. The molecule has 0 saturated heterocycles. The molecule has 2 heterocycles. The van der Waals surface area contributed by atoms with Crippen LogP contribution in [0.2, 0.25) is 5.02 Å². The summed E-state index contributed by atoms with van der Waals surface area (Å²) in [7, 11) is 0. The minimum absolute atomic E-state index is 0.157. The van der Waals surface area contributed by atoms with Crippen molar-refractivity contribution < 1.29 is 9.59 Å². The lowest BCUT2D eigenvalue weighted by atomic mass is 10.0. The summed E-state index contributed by atoms with van der Waals surface area (Å²) >= 11 is 6.06. The van der Waals surface area contributed by atoms with Crippen molar-refractivity contribution in [2.45, 2.75) is 53.0 Å². The van der Waals surface area contributed by atoms with E-state index in [2.05, 4.69) is 36.5 Å². The maximum atomic E-state index is 13.1. The van der Waals surface area contributed by atoms with Crippen LogP contribution in [0.5, 0.6) is 0 Å². The average molecular weight is 456 g/mol. The quantitative estimate of drug-likeness (QED) is 0.538. The van der Waals surface area contributed by atoms with E-state index in [0.717, 1.165) is 16.8 Å². The monoisotopic (exact) mass is 455 g/mol. The first-order valence-electron chi connectivity index (χ1n) is 10.7. The molecule has 7 nitrogen and oxygen atoms in total. The number of nitrogens with zero attached hydrogens (tertiary/aromatic N) is 3. The number of hydrogen-bond acceptors (Lipinski definition) is 4. The lowest BCUT2D eigenvalue weighted by Gasteiger charge is -2.20. The van der Waals surface area contributed by atoms with Gasteiger partial charge in [0, 0.05) is 18.8 Å². The molecule has 0 aliphatic carbocycles. The number of nitrogens with one attached hydrogen (secondary N) is 2. The zero-order chi connectivity index (χ0) is 23.6. The molecule has 170 valence electrons. The fourth-order valence-corrected chi connectivity index (χ4v) is 3.66. The van der Waals surface area contributed by atoms with Gasteiger partial charge in [-0.1, -0.05) is 37.6 Å². The van der Waals surface area contributed by atoms with Crippen molar-refractivity contribution in [2.75, 3.05) is 13.1 Å². The summed E-state index contributed by atoms with van der Waals surface area (Å²) in [5, 5.41) is 11.5. The van der Waals surface area contributed by atoms with Crippen molar-refractivity contribution in [3.8, 4) is 0 Å². The highest BCUT2D eigenvalue weighted by atomic mass is 35.5. The average Bonchev–Trinajstić information content (AvgIpc) is 3.07. The van der Waals surface area contributed by atoms with E-state index in [1.807, 2.05) is 31.5 Å². The van der Waals surface area contributed by atoms with Gasteiger partial charge in [0.1, 0.15) is 0 Å². The van der Waals surface area contributed by atoms with Crippen LogP contribution in [-0.2, 0) is 5.54 Å². The number of aryl methyl sites for hydroxylation is 1. The third kappa shape index (κ3) is 4.93. The number of amides is 2. The van der Waals surface area contributed by atoms with Crippen LogP contribution in [0.1, 0.15) is 72.6 Å². The third-order valence-electron chi connectivity index (χ3n) is 5.12. The van der Waals surface area contributed by atoms with Crippen LogP contribution in [0.25, 0.3) is 11.0 Å². The van der Waals surface area contributed by atoms with Gasteiger partial charge in [-0.15, -0.1) is 0 Å². The number of benzene rings is 1. The van der Waals surface area contributed by atoms with Gasteiger partial charge in [-0.3, -0.25) is 9.59 Å². The van der Waals surface area contributed by atoms with E-state index in [0.29, 0.717) is 21.8 Å². The summed E-state index contributed by atoms with van der Waals surface area (Å²) in [5.74, 6) is -0.340. The molecule has 3 rings (SSSR count). The highest BCUT2D eigenvalue weighted by Gasteiger charge is 2.25. The largest absolute Gasteiger partial charge is 0.350 e. The number of hydrogen-bond donors (Lipinski definition) is 2. The van der Waals surface area contributed by atoms with Gasteiger partial charge in [0.15, 0.2) is 5.65 Å². The van der Waals surface area contributed by atoms with Gasteiger partial charge in [-0.05, 0) is 51.8 Å². The maximum Gasteiger partial charge on any atom is 0.252 e. The molecule has 8 heteroatoms. The molecule has 2 N–H and O–H groups in total. The molecule has 32 heavy (non-hydrogen) atoms. The topological polar surface area (TPSA) is 88.9 Å². The Balaban J connectivity index is 1.79. The number of pyridine rings is 1. The molecule has 0 saturated carbocycles. The summed E-state index contributed by atoms with van der Waals surface area (Å²) in [4.78, 5) is 30.2. The fraction of sp³-hybridized carbons (Fsp3) is 0.417. The van der Waals surface area contributed by atoms with Gasteiger partial charge in [0.05, 0.1) is 32.8 Å². The molecular weight excluding hydrogens is 426 g/mol. The molecule has 2 aromatic heterocycles. The Bertz CT molecular complexity index is 1160. The zero-order valence-electron chi connectivity index (χ0n) is 19.4. The second-order valence-electron chi connectivity index (χ2n) is 9.11. The summed E-state index contributed by atoms with van der Waals surface area (Å²) in [5.41, 5.74) is 2.98. The Morgan fingerprint density at radius 2 is 1.66 bits per heavy atom. The summed E-state index contributed by atoms with van der Waals surface area (Å²) in [6, 6.07) is 8.69. The van der Waals surface area contributed by atoms with Gasteiger partial charge in [-0.2, -0.15) is 5.10 Å². The Morgan fingerprint density at radius 3 is 2.22 bits per heavy atom. The van der Waals surface area contributed by atoms with Crippen LogP contribution in [0.15, 0.2) is 30.3 Å². The molecule has 0 aliphatic heterocycles. The van der Waals surface area contributed by atoms with E-state index in [1.165, 1.54) is 0 Å². The second-order valence-corrected chi connectivity index (χ2v) is 9.51. The van der Waals surface area contributed by atoms with Crippen molar-refractivity contribution in [2.24, 2.45) is 0 Å². The summed E-state index contributed by atoms with van der Waals surface area (Å²) in [6.07, 6.45) is 0. The van der Waals surface area contributed by atoms with Gasteiger partial charge < -0.3 is 10.6 Å². The van der Waals surface area contributed by atoms with Crippen molar-refractivity contribution in [1.29, 1.82) is 0 Å². The lowest BCUT2D eigenvalue weighted by Crippen LogP contribution is -2.35. The second kappa shape index (κ2) is 9.28. The van der Waals surface area contributed by atoms with Crippen molar-refractivity contribution in [1.82, 2.24) is 25.4 Å². The van der Waals surface area contributed by atoms with Crippen LogP contribution in [0, 0.1) is 6.92 Å². The number of carbonyl (C=O) groups is 2. The molecule has 2 amide bonds. The Labute approximate surface area is 193 Å².